The van der Waals surface area contributed by atoms with Crippen LogP contribution in [0.4, 0.5) is 0 Å². The molecule has 0 aromatic carbocycles. The van der Waals surface area contributed by atoms with Crippen LogP contribution in [0.1, 0.15) is 70.7 Å². The highest BCUT2D eigenvalue weighted by Crippen LogP contribution is 2.36. The lowest BCUT2D eigenvalue weighted by atomic mass is 9.84. The molecule has 2 atom stereocenters. The van der Waals surface area contributed by atoms with Crippen molar-refractivity contribution in [1.82, 2.24) is 9.55 Å². The maximum absolute atomic E-state index is 11.5. The molecule has 1 aliphatic carbocycles. The first kappa shape index (κ1) is 15.5. The molecule has 1 aliphatic rings. The molecule has 6 heteroatoms. The Hall–Kier alpha value is -0.880. The van der Waals surface area contributed by atoms with Gasteiger partial charge in [-0.05, 0) is 18.8 Å². The van der Waals surface area contributed by atoms with Gasteiger partial charge in [0.05, 0.1) is 0 Å². The number of nitrogens with zero attached hydrogens (tertiary/aromatic N) is 2. The minimum atomic E-state index is -3.73. The zero-order valence-electron chi connectivity index (χ0n) is 12.5. The summed E-state index contributed by atoms with van der Waals surface area (Å²) in [6.45, 7) is 6.29. The molecule has 1 aromatic rings. The van der Waals surface area contributed by atoms with E-state index in [0.717, 1.165) is 24.6 Å². The monoisotopic (exact) mass is 299 g/mol. The number of hydrogen-bond donors (Lipinski definition) is 1. The first-order valence-corrected chi connectivity index (χ1v) is 8.99. The minimum Gasteiger partial charge on any atom is -0.330 e. The van der Waals surface area contributed by atoms with E-state index in [9.17, 15) is 8.42 Å². The van der Waals surface area contributed by atoms with Crippen LogP contribution in [0.3, 0.4) is 0 Å². The molecule has 20 heavy (non-hydrogen) atoms. The summed E-state index contributed by atoms with van der Waals surface area (Å²) in [7, 11) is -3.73. The van der Waals surface area contributed by atoms with Gasteiger partial charge < -0.3 is 4.57 Å². The van der Waals surface area contributed by atoms with Crippen LogP contribution >= 0.6 is 0 Å². The van der Waals surface area contributed by atoms with Crippen molar-refractivity contribution < 1.29 is 8.42 Å². The minimum absolute atomic E-state index is 0.000165. The molecule has 0 radical (unpaired) electrons. The van der Waals surface area contributed by atoms with Crippen LogP contribution in [-0.4, -0.2) is 18.0 Å². The summed E-state index contributed by atoms with van der Waals surface area (Å²) in [5.41, 5.74) is 0. The molecule has 1 heterocycles. The maximum atomic E-state index is 11.5. The second-order valence-corrected chi connectivity index (χ2v) is 7.65. The van der Waals surface area contributed by atoms with Gasteiger partial charge in [-0.15, -0.1) is 0 Å². The first-order valence-electron chi connectivity index (χ1n) is 7.44. The Balaban J connectivity index is 2.37. The summed E-state index contributed by atoms with van der Waals surface area (Å²) in [6, 6.07) is 0.356. The standard InChI is InChI=1S/C14H25N3O2S/c1-4-11-6-5-7-12(8-11)17-9-13(20(15,18)19)16-14(17)10(2)3/h9-12H,4-8H2,1-3H3,(H2,15,18,19). The molecule has 0 bridgehead atoms. The zero-order valence-corrected chi connectivity index (χ0v) is 13.4. The van der Waals surface area contributed by atoms with Crippen molar-refractivity contribution in [2.24, 2.45) is 11.1 Å². The van der Waals surface area contributed by atoms with Crippen molar-refractivity contribution in [1.29, 1.82) is 0 Å². The fourth-order valence-electron chi connectivity index (χ4n) is 3.13. The third-order valence-corrected chi connectivity index (χ3v) is 5.05. The predicted molar refractivity (Wildman–Crippen MR) is 79.0 cm³/mol. The van der Waals surface area contributed by atoms with Gasteiger partial charge in [0, 0.05) is 18.2 Å². The van der Waals surface area contributed by atoms with Gasteiger partial charge in [0.2, 0.25) is 0 Å². The molecule has 114 valence electrons. The molecule has 0 aliphatic heterocycles. The van der Waals surface area contributed by atoms with E-state index in [-0.39, 0.29) is 10.9 Å². The number of sulfonamides is 1. The Morgan fingerprint density at radius 3 is 2.70 bits per heavy atom. The highest BCUT2D eigenvalue weighted by molar-refractivity contribution is 7.89. The SMILES string of the molecule is CCC1CCCC(n2cc(S(N)(=O)=O)nc2C(C)C)C1. The van der Waals surface area contributed by atoms with E-state index in [4.69, 9.17) is 5.14 Å². The largest absolute Gasteiger partial charge is 0.330 e. The van der Waals surface area contributed by atoms with Gasteiger partial charge in [-0.1, -0.05) is 40.0 Å². The summed E-state index contributed by atoms with van der Waals surface area (Å²) >= 11 is 0. The Morgan fingerprint density at radius 2 is 2.15 bits per heavy atom. The van der Waals surface area contributed by atoms with Gasteiger partial charge in [-0.2, -0.15) is 0 Å². The summed E-state index contributed by atoms with van der Waals surface area (Å²) < 4.78 is 25.1. The lowest BCUT2D eigenvalue weighted by molar-refractivity contribution is 0.256. The van der Waals surface area contributed by atoms with Crippen molar-refractivity contribution in [2.75, 3.05) is 0 Å². The maximum Gasteiger partial charge on any atom is 0.257 e. The van der Waals surface area contributed by atoms with Crippen LogP contribution in [-0.2, 0) is 10.0 Å². The van der Waals surface area contributed by atoms with Crippen molar-refractivity contribution in [3.05, 3.63) is 12.0 Å². The Morgan fingerprint density at radius 1 is 1.45 bits per heavy atom. The molecule has 0 spiro atoms. The number of aromatic nitrogens is 2. The van der Waals surface area contributed by atoms with E-state index >= 15 is 0 Å². The second-order valence-electron chi connectivity index (χ2n) is 6.14. The second kappa shape index (κ2) is 5.85. The van der Waals surface area contributed by atoms with Gasteiger partial charge in [0.1, 0.15) is 5.82 Å². The third kappa shape index (κ3) is 3.23. The van der Waals surface area contributed by atoms with Crippen molar-refractivity contribution in [3.8, 4) is 0 Å². The van der Waals surface area contributed by atoms with E-state index in [1.807, 2.05) is 13.8 Å². The summed E-state index contributed by atoms with van der Waals surface area (Å²) in [6.07, 6.45) is 7.50. The lowest BCUT2D eigenvalue weighted by Crippen LogP contribution is -2.20. The Kier molecular flexibility index (Phi) is 4.54. The van der Waals surface area contributed by atoms with Crippen LogP contribution in [0.2, 0.25) is 0 Å². The number of imidazole rings is 1. The molecule has 0 amide bonds. The zero-order chi connectivity index (χ0) is 14.9. The Labute approximate surface area is 121 Å². The molecule has 0 saturated heterocycles. The number of primary sulfonamides is 1. The van der Waals surface area contributed by atoms with Gasteiger partial charge in [-0.3, -0.25) is 0 Å². The first-order chi connectivity index (χ1) is 9.32. The summed E-state index contributed by atoms with van der Waals surface area (Å²) in [5.74, 6) is 1.75. The molecule has 1 fully saturated rings. The number of nitrogens with two attached hydrogens (primary N) is 1. The lowest BCUT2D eigenvalue weighted by Gasteiger charge is -2.30. The molecule has 1 aromatic heterocycles. The molecule has 1 saturated carbocycles. The summed E-state index contributed by atoms with van der Waals surface area (Å²) in [4.78, 5) is 4.26. The fraction of sp³-hybridized carbons (Fsp3) is 0.786. The average molecular weight is 299 g/mol. The van der Waals surface area contributed by atoms with Gasteiger partial charge in [-0.25, -0.2) is 18.5 Å². The quantitative estimate of drug-likeness (QED) is 0.928. The van der Waals surface area contributed by atoms with E-state index in [1.165, 1.54) is 19.3 Å². The molecule has 2 unspecified atom stereocenters. The summed E-state index contributed by atoms with van der Waals surface area (Å²) in [5, 5.41) is 5.22. The average Bonchev–Trinajstić information content (AvgIpc) is 2.84. The van der Waals surface area contributed by atoms with Crippen LogP contribution in [0.5, 0.6) is 0 Å². The predicted octanol–water partition coefficient (Wildman–Crippen LogP) is 2.80. The molecule has 2 rings (SSSR count). The van der Waals surface area contributed by atoms with Crippen LogP contribution in [0.15, 0.2) is 11.2 Å². The number of rotatable bonds is 4. The van der Waals surface area contributed by atoms with Crippen molar-refractivity contribution in [3.63, 3.8) is 0 Å². The van der Waals surface area contributed by atoms with E-state index in [0.29, 0.717) is 6.04 Å². The fourth-order valence-corrected chi connectivity index (χ4v) is 3.61. The van der Waals surface area contributed by atoms with E-state index < -0.39 is 10.0 Å². The molecule has 5 nitrogen and oxygen atoms in total. The third-order valence-electron chi connectivity index (χ3n) is 4.27. The van der Waals surface area contributed by atoms with E-state index in [2.05, 4.69) is 16.5 Å². The van der Waals surface area contributed by atoms with Gasteiger partial charge in [0.25, 0.3) is 10.0 Å². The van der Waals surface area contributed by atoms with Crippen molar-refractivity contribution >= 4 is 10.0 Å². The smallest absolute Gasteiger partial charge is 0.257 e. The molecule has 2 N–H and O–H groups in total. The van der Waals surface area contributed by atoms with Crippen LogP contribution in [0, 0.1) is 5.92 Å². The normalized spacial score (nSPS) is 24.2. The number of hydrogen-bond acceptors (Lipinski definition) is 3. The molecular formula is C14H25N3O2S. The van der Waals surface area contributed by atoms with Crippen LogP contribution in [0.25, 0.3) is 0 Å². The molecular weight excluding hydrogens is 274 g/mol. The topological polar surface area (TPSA) is 78.0 Å². The Bertz CT molecular complexity index is 563. The van der Waals surface area contributed by atoms with E-state index in [1.54, 1.807) is 6.20 Å². The van der Waals surface area contributed by atoms with Gasteiger partial charge >= 0.3 is 0 Å². The van der Waals surface area contributed by atoms with Crippen molar-refractivity contribution in [2.45, 2.75) is 69.9 Å². The highest BCUT2D eigenvalue weighted by Gasteiger charge is 2.27. The highest BCUT2D eigenvalue weighted by atomic mass is 32.2. The van der Waals surface area contributed by atoms with Crippen LogP contribution < -0.4 is 5.14 Å². The van der Waals surface area contributed by atoms with Gasteiger partial charge in [0.15, 0.2) is 5.03 Å².